The third-order valence-corrected chi connectivity index (χ3v) is 1.52. The summed E-state index contributed by atoms with van der Waals surface area (Å²) >= 11 is 0. The number of aliphatic hydroxyl groups excluding tert-OH is 1. The van der Waals surface area contributed by atoms with Gasteiger partial charge in [0.1, 0.15) is 0 Å². The van der Waals surface area contributed by atoms with Crippen LogP contribution in [0.25, 0.3) is 0 Å². The summed E-state index contributed by atoms with van der Waals surface area (Å²) in [6, 6.07) is 9.37. The summed E-state index contributed by atoms with van der Waals surface area (Å²) in [6.07, 6.45) is 3.31. The van der Waals surface area contributed by atoms with Crippen molar-refractivity contribution in [2.45, 2.75) is 6.42 Å². The third-order valence-electron chi connectivity index (χ3n) is 1.52. The Kier molecular flexibility index (Phi) is 2.92. The van der Waals surface area contributed by atoms with Crippen LogP contribution in [0.2, 0.25) is 0 Å². The van der Waals surface area contributed by atoms with Crippen molar-refractivity contribution in [3.63, 3.8) is 0 Å². The number of allylic oxidation sites excluding steroid dienone is 1. The second kappa shape index (κ2) is 4.20. The predicted octanol–water partition coefficient (Wildman–Crippen LogP) is 2.17. The minimum Gasteiger partial charge on any atom is -0.516 e. The number of hydrogen-bond acceptors (Lipinski definition) is 2. The molecule has 0 atom stereocenters. The second-order valence-electron chi connectivity index (χ2n) is 2.40. The maximum absolute atomic E-state index is 8.57. The van der Waals surface area contributed by atoms with Crippen LogP contribution < -0.4 is 0 Å². The lowest BCUT2D eigenvalue weighted by atomic mass is 10.1. The molecule has 2 heteroatoms. The first kappa shape index (κ1) is 8.35. The molecule has 0 amide bonds. The van der Waals surface area contributed by atoms with Gasteiger partial charge >= 0.3 is 0 Å². The van der Waals surface area contributed by atoms with E-state index in [1.54, 1.807) is 18.2 Å². The lowest BCUT2D eigenvalue weighted by Crippen LogP contribution is -1.82. The van der Waals surface area contributed by atoms with Crippen LogP contribution in [0.1, 0.15) is 11.1 Å². The van der Waals surface area contributed by atoms with Gasteiger partial charge in [-0.3, -0.25) is 0 Å². The number of nitriles is 1. The highest BCUT2D eigenvalue weighted by Gasteiger charge is 1.91. The molecule has 0 saturated heterocycles. The van der Waals surface area contributed by atoms with Gasteiger partial charge in [0.25, 0.3) is 0 Å². The molecule has 0 aliphatic heterocycles. The predicted molar refractivity (Wildman–Crippen MR) is 46.6 cm³/mol. The number of rotatable bonds is 2. The van der Waals surface area contributed by atoms with E-state index < -0.39 is 0 Å². The monoisotopic (exact) mass is 159 g/mol. The van der Waals surface area contributed by atoms with E-state index in [-0.39, 0.29) is 0 Å². The molecule has 1 aromatic rings. The Hall–Kier alpha value is -1.75. The molecule has 0 aliphatic rings. The molecule has 12 heavy (non-hydrogen) atoms. The summed E-state index contributed by atoms with van der Waals surface area (Å²) < 4.78 is 0. The van der Waals surface area contributed by atoms with E-state index in [0.29, 0.717) is 12.0 Å². The van der Waals surface area contributed by atoms with Crippen LogP contribution in [0.3, 0.4) is 0 Å². The lowest BCUT2D eigenvalue weighted by molar-refractivity contribution is 0.471. The summed E-state index contributed by atoms with van der Waals surface area (Å²) in [5.41, 5.74) is 1.68. The molecule has 0 fully saturated rings. The maximum Gasteiger partial charge on any atom is 0.0991 e. The van der Waals surface area contributed by atoms with Gasteiger partial charge in [-0.25, -0.2) is 0 Å². The zero-order chi connectivity index (χ0) is 8.81. The molecule has 0 radical (unpaired) electrons. The largest absolute Gasteiger partial charge is 0.516 e. The van der Waals surface area contributed by atoms with Gasteiger partial charge in [0.2, 0.25) is 0 Å². The van der Waals surface area contributed by atoms with Crippen molar-refractivity contribution in [1.82, 2.24) is 0 Å². The summed E-state index contributed by atoms with van der Waals surface area (Å²) in [4.78, 5) is 0. The van der Waals surface area contributed by atoms with Crippen molar-refractivity contribution in [3.8, 4) is 6.07 Å². The first-order chi connectivity index (χ1) is 5.86. The average molecular weight is 159 g/mol. The summed E-state index contributed by atoms with van der Waals surface area (Å²) in [7, 11) is 0. The van der Waals surface area contributed by atoms with Crippen LogP contribution in [-0.4, -0.2) is 5.11 Å². The van der Waals surface area contributed by atoms with E-state index in [0.717, 1.165) is 11.8 Å². The molecule has 0 aliphatic carbocycles. The number of benzene rings is 1. The third kappa shape index (κ3) is 2.14. The highest BCUT2D eigenvalue weighted by atomic mass is 16.2. The molecule has 0 unspecified atom stereocenters. The molecule has 1 rings (SSSR count). The zero-order valence-corrected chi connectivity index (χ0v) is 6.57. The Bertz CT molecular complexity index is 323. The zero-order valence-electron chi connectivity index (χ0n) is 6.57. The lowest BCUT2D eigenvalue weighted by Gasteiger charge is -1.95. The Morgan fingerprint density at radius 2 is 2.33 bits per heavy atom. The van der Waals surface area contributed by atoms with Gasteiger partial charge in [-0.15, -0.1) is 0 Å². The fourth-order valence-corrected chi connectivity index (χ4v) is 0.957. The smallest absolute Gasteiger partial charge is 0.0991 e. The Morgan fingerprint density at radius 3 is 3.00 bits per heavy atom. The number of nitrogens with zero attached hydrogens (tertiary/aromatic N) is 1. The van der Waals surface area contributed by atoms with Gasteiger partial charge in [-0.2, -0.15) is 5.26 Å². The normalized spacial score (nSPS) is 9.92. The molecule has 1 aromatic carbocycles. The van der Waals surface area contributed by atoms with Crippen molar-refractivity contribution in [2.75, 3.05) is 0 Å². The SMILES string of the molecule is N#Cc1cccc(C/C=C/O)c1. The molecule has 2 nitrogen and oxygen atoms in total. The first-order valence-electron chi connectivity index (χ1n) is 3.65. The molecule has 1 N–H and O–H groups in total. The van der Waals surface area contributed by atoms with Crippen LogP contribution in [0.15, 0.2) is 36.6 Å². The topological polar surface area (TPSA) is 44.0 Å². The van der Waals surface area contributed by atoms with Gasteiger partial charge < -0.3 is 5.11 Å². The molecule has 0 aromatic heterocycles. The average Bonchev–Trinajstić information content (AvgIpc) is 2.15. The van der Waals surface area contributed by atoms with E-state index in [1.165, 1.54) is 0 Å². The van der Waals surface area contributed by atoms with Crippen LogP contribution in [0.4, 0.5) is 0 Å². The molecule has 0 saturated carbocycles. The fraction of sp³-hybridized carbons (Fsp3) is 0.100. The van der Waals surface area contributed by atoms with Crippen molar-refractivity contribution >= 4 is 0 Å². The second-order valence-corrected chi connectivity index (χ2v) is 2.40. The van der Waals surface area contributed by atoms with E-state index in [4.69, 9.17) is 10.4 Å². The van der Waals surface area contributed by atoms with Gasteiger partial charge in [0, 0.05) is 0 Å². The van der Waals surface area contributed by atoms with E-state index in [9.17, 15) is 0 Å². The molecule has 60 valence electrons. The van der Waals surface area contributed by atoms with Gasteiger partial charge in [-0.1, -0.05) is 12.1 Å². The maximum atomic E-state index is 8.57. The van der Waals surface area contributed by atoms with Crippen LogP contribution in [0.5, 0.6) is 0 Å². The minimum atomic E-state index is 0.652. The standard InChI is InChI=1S/C10H9NO/c11-8-10-4-1-3-9(7-10)5-2-6-12/h1-4,6-7,12H,5H2/b6-2+. The summed E-state index contributed by atoms with van der Waals surface area (Å²) in [5.74, 6) is 0. The van der Waals surface area contributed by atoms with Crippen molar-refractivity contribution in [1.29, 1.82) is 5.26 Å². The van der Waals surface area contributed by atoms with Gasteiger partial charge in [0.15, 0.2) is 0 Å². The van der Waals surface area contributed by atoms with E-state index >= 15 is 0 Å². The summed E-state index contributed by atoms with van der Waals surface area (Å²) in [5, 5.41) is 17.0. The Morgan fingerprint density at radius 1 is 1.50 bits per heavy atom. The quantitative estimate of drug-likeness (QED) is 0.672. The van der Waals surface area contributed by atoms with Crippen LogP contribution in [-0.2, 0) is 6.42 Å². The molecule has 0 bridgehead atoms. The summed E-state index contributed by atoms with van der Waals surface area (Å²) in [6.45, 7) is 0. The molecular formula is C10H9NO. The minimum absolute atomic E-state index is 0.652. The first-order valence-corrected chi connectivity index (χ1v) is 3.65. The van der Waals surface area contributed by atoms with E-state index in [2.05, 4.69) is 6.07 Å². The molecule has 0 spiro atoms. The molecular weight excluding hydrogens is 150 g/mol. The highest BCUT2D eigenvalue weighted by molar-refractivity contribution is 5.33. The number of aliphatic hydroxyl groups is 1. The number of hydrogen-bond donors (Lipinski definition) is 1. The van der Waals surface area contributed by atoms with Crippen molar-refractivity contribution < 1.29 is 5.11 Å². The molecule has 0 heterocycles. The Balaban J connectivity index is 2.81. The van der Waals surface area contributed by atoms with Gasteiger partial charge in [0.05, 0.1) is 17.9 Å². The van der Waals surface area contributed by atoms with Crippen LogP contribution >= 0.6 is 0 Å². The van der Waals surface area contributed by atoms with Crippen molar-refractivity contribution in [3.05, 3.63) is 47.7 Å². The van der Waals surface area contributed by atoms with Crippen LogP contribution in [0, 0.1) is 11.3 Å². The van der Waals surface area contributed by atoms with E-state index in [1.807, 2.05) is 12.1 Å². The highest BCUT2D eigenvalue weighted by Crippen LogP contribution is 2.04. The fourth-order valence-electron chi connectivity index (χ4n) is 0.957. The Labute approximate surface area is 71.4 Å². The van der Waals surface area contributed by atoms with Crippen molar-refractivity contribution in [2.24, 2.45) is 0 Å². The van der Waals surface area contributed by atoms with Gasteiger partial charge in [-0.05, 0) is 30.2 Å².